The predicted molar refractivity (Wildman–Crippen MR) is 90.1 cm³/mol. The first-order valence-electron chi connectivity index (χ1n) is 8.81. The first-order valence-corrected chi connectivity index (χ1v) is 8.81. The average molecular weight is 286 g/mol. The van der Waals surface area contributed by atoms with E-state index in [-0.39, 0.29) is 5.41 Å². The van der Waals surface area contributed by atoms with E-state index in [4.69, 9.17) is 0 Å². The molecule has 1 saturated carbocycles. The summed E-state index contributed by atoms with van der Waals surface area (Å²) in [6, 6.07) is 4.54. The maximum Gasteiger partial charge on any atom is 0.169 e. The molecule has 1 aromatic rings. The molecule has 1 aliphatic carbocycles. The minimum atomic E-state index is -0.0679. The summed E-state index contributed by atoms with van der Waals surface area (Å²) < 4.78 is 0. The second-order valence-corrected chi connectivity index (χ2v) is 6.52. The Kier molecular flexibility index (Phi) is 5.24. The van der Waals surface area contributed by atoms with Crippen molar-refractivity contribution in [1.82, 2.24) is 0 Å². The van der Waals surface area contributed by atoms with Gasteiger partial charge in [-0.25, -0.2) is 0 Å². The van der Waals surface area contributed by atoms with Crippen LogP contribution in [0.5, 0.6) is 0 Å². The number of rotatable bonds is 6. The van der Waals surface area contributed by atoms with Crippen molar-refractivity contribution in [2.24, 2.45) is 5.41 Å². The Balaban J connectivity index is 2.53. The molecule has 0 aromatic heterocycles. The second kappa shape index (κ2) is 6.77. The first-order chi connectivity index (χ1) is 10.1. The van der Waals surface area contributed by atoms with Crippen LogP contribution < -0.4 is 0 Å². The van der Waals surface area contributed by atoms with E-state index in [0.29, 0.717) is 5.78 Å². The van der Waals surface area contributed by atoms with Gasteiger partial charge in [0.1, 0.15) is 0 Å². The molecule has 0 N–H and O–H groups in total. The van der Waals surface area contributed by atoms with Gasteiger partial charge in [0, 0.05) is 11.0 Å². The first kappa shape index (κ1) is 16.3. The van der Waals surface area contributed by atoms with Crippen molar-refractivity contribution >= 4 is 5.78 Å². The van der Waals surface area contributed by atoms with Crippen molar-refractivity contribution in [1.29, 1.82) is 0 Å². The normalized spacial score (nSPS) is 17.1. The van der Waals surface area contributed by atoms with Crippen LogP contribution in [0.15, 0.2) is 12.1 Å². The number of carbonyl (C=O) groups excluding carboxylic acids is 1. The van der Waals surface area contributed by atoms with E-state index in [0.717, 1.165) is 44.1 Å². The zero-order chi connectivity index (χ0) is 15.5. The fourth-order valence-corrected chi connectivity index (χ4v) is 3.95. The summed E-state index contributed by atoms with van der Waals surface area (Å²) in [7, 11) is 0. The highest BCUT2D eigenvalue weighted by atomic mass is 16.1. The molecule has 0 spiro atoms. The highest BCUT2D eigenvalue weighted by Gasteiger charge is 2.40. The number of carbonyl (C=O) groups is 1. The van der Waals surface area contributed by atoms with Crippen LogP contribution in [0.3, 0.4) is 0 Å². The molecule has 0 amide bonds. The van der Waals surface area contributed by atoms with Crippen LogP contribution >= 0.6 is 0 Å². The van der Waals surface area contributed by atoms with E-state index in [9.17, 15) is 4.79 Å². The molecule has 2 rings (SSSR count). The molecule has 0 heterocycles. The SMILES string of the molecule is CCc1cc(CC)c(C(=O)C2(CC)CCCC2)c(CC)c1. The van der Waals surface area contributed by atoms with Crippen molar-refractivity contribution < 1.29 is 4.79 Å². The number of benzene rings is 1. The van der Waals surface area contributed by atoms with Crippen LogP contribution in [-0.2, 0) is 19.3 Å². The molecule has 1 fully saturated rings. The summed E-state index contributed by atoms with van der Waals surface area (Å²) in [4.78, 5) is 13.4. The Bertz CT molecular complexity index is 482. The molecule has 1 aliphatic rings. The minimum absolute atomic E-state index is 0.0679. The van der Waals surface area contributed by atoms with E-state index >= 15 is 0 Å². The third-order valence-electron chi connectivity index (χ3n) is 5.48. The van der Waals surface area contributed by atoms with Gasteiger partial charge < -0.3 is 0 Å². The number of ketones is 1. The molecule has 21 heavy (non-hydrogen) atoms. The van der Waals surface area contributed by atoms with Gasteiger partial charge in [0.15, 0.2) is 5.78 Å². The lowest BCUT2D eigenvalue weighted by Gasteiger charge is -2.28. The Hall–Kier alpha value is -1.11. The summed E-state index contributed by atoms with van der Waals surface area (Å²) in [6.45, 7) is 8.75. The van der Waals surface area contributed by atoms with Crippen molar-refractivity contribution in [3.05, 3.63) is 34.4 Å². The van der Waals surface area contributed by atoms with Crippen LogP contribution in [0.2, 0.25) is 0 Å². The molecule has 0 unspecified atom stereocenters. The van der Waals surface area contributed by atoms with Crippen LogP contribution in [-0.4, -0.2) is 5.78 Å². The van der Waals surface area contributed by atoms with Gasteiger partial charge in [-0.2, -0.15) is 0 Å². The zero-order valence-corrected chi connectivity index (χ0v) is 14.2. The maximum absolute atomic E-state index is 13.4. The van der Waals surface area contributed by atoms with E-state index in [1.807, 2.05) is 0 Å². The minimum Gasteiger partial charge on any atom is -0.294 e. The average Bonchev–Trinajstić information content (AvgIpc) is 3.02. The third-order valence-corrected chi connectivity index (χ3v) is 5.48. The Morgan fingerprint density at radius 1 is 0.952 bits per heavy atom. The summed E-state index contributed by atoms with van der Waals surface area (Å²) in [5, 5.41) is 0. The highest BCUT2D eigenvalue weighted by molar-refractivity contribution is 6.03. The van der Waals surface area contributed by atoms with Gasteiger partial charge in [0.25, 0.3) is 0 Å². The molecular weight excluding hydrogens is 256 g/mol. The van der Waals surface area contributed by atoms with Gasteiger partial charge in [0.2, 0.25) is 0 Å². The van der Waals surface area contributed by atoms with Crippen LogP contribution in [0.1, 0.15) is 86.8 Å². The topological polar surface area (TPSA) is 17.1 Å². The lowest BCUT2D eigenvalue weighted by Crippen LogP contribution is -2.29. The second-order valence-electron chi connectivity index (χ2n) is 6.52. The number of hydrogen-bond acceptors (Lipinski definition) is 1. The summed E-state index contributed by atoms with van der Waals surface area (Å²) >= 11 is 0. The fraction of sp³-hybridized carbons (Fsp3) is 0.650. The van der Waals surface area contributed by atoms with Gasteiger partial charge in [-0.05, 0) is 55.2 Å². The van der Waals surface area contributed by atoms with Crippen LogP contribution in [0.4, 0.5) is 0 Å². The van der Waals surface area contributed by atoms with Gasteiger partial charge in [0.05, 0.1) is 0 Å². The van der Waals surface area contributed by atoms with E-state index in [1.165, 1.54) is 29.5 Å². The molecule has 1 nitrogen and oxygen atoms in total. The Labute approximate surface area is 130 Å². The van der Waals surface area contributed by atoms with Crippen molar-refractivity contribution in [3.8, 4) is 0 Å². The third kappa shape index (κ3) is 2.93. The van der Waals surface area contributed by atoms with Gasteiger partial charge in [-0.1, -0.05) is 52.7 Å². The number of Topliss-reactive ketones (excluding diaryl/α,β-unsaturated/α-hetero) is 1. The highest BCUT2D eigenvalue weighted by Crippen LogP contribution is 2.44. The molecule has 0 bridgehead atoms. The lowest BCUT2D eigenvalue weighted by atomic mass is 9.74. The van der Waals surface area contributed by atoms with Crippen LogP contribution in [0, 0.1) is 5.41 Å². The van der Waals surface area contributed by atoms with Gasteiger partial charge in [-0.15, -0.1) is 0 Å². The van der Waals surface area contributed by atoms with Crippen molar-refractivity contribution in [2.75, 3.05) is 0 Å². The molecule has 0 aliphatic heterocycles. The molecule has 1 heteroatoms. The van der Waals surface area contributed by atoms with E-state index in [1.54, 1.807) is 0 Å². The molecular formula is C20H30O. The quantitative estimate of drug-likeness (QED) is 0.629. The number of aryl methyl sites for hydroxylation is 3. The van der Waals surface area contributed by atoms with Gasteiger partial charge >= 0.3 is 0 Å². The van der Waals surface area contributed by atoms with E-state index < -0.39 is 0 Å². The fourth-order valence-electron chi connectivity index (χ4n) is 3.95. The van der Waals surface area contributed by atoms with E-state index in [2.05, 4.69) is 39.8 Å². The van der Waals surface area contributed by atoms with Gasteiger partial charge in [-0.3, -0.25) is 4.79 Å². The van der Waals surface area contributed by atoms with Crippen molar-refractivity contribution in [3.63, 3.8) is 0 Å². The Morgan fingerprint density at radius 3 is 1.86 bits per heavy atom. The smallest absolute Gasteiger partial charge is 0.169 e. The molecule has 0 radical (unpaired) electrons. The molecule has 116 valence electrons. The van der Waals surface area contributed by atoms with Crippen LogP contribution in [0.25, 0.3) is 0 Å². The summed E-state index contributed by atoms with van der Waals surface area (Å²) in [6.07, 6.45) is 8.57. The summed E-state index contributed by atoms with van der Waals surface area (Å²) in [5.74, 6) is 0.443. The lowest BCUT2D eigenvalue weighted by molar-refractivity contribution is 0.0789. The monoisotopic (exact) mass is 286 g/mol. The zero-order valence-electron chi connectivity index (χ0n) is 14.2. The standard InChI is InChI=1S/C20H30O/c1-5-15-13-16(6-2)18(17(7-3)14-15)19(21)20(8-4)11-9-10-12-20/h13-14H,5-12H2,1-4H3. The summed E-state index contributed by atoms with van der Waals surface area (Å²) in [5.41, 5.74) is 4.92. The van der Waals surface area contributed by atoms with Crippen molar-refractivity contribution in [2.45, 2.75) is 79.1 Å². The predicted octanol–water partition coefficient (Wildman–Crippen LogP) is 5.53. The number of hydrogen-bond donors (Lipinski definition) is 0. The molecule has 1 aromatic carbocycles. The molecule has 0 saturated heterocycles. The largest absolute Gasteiger partial charge is 0.294 e. The molecule has 0 atom stereocenters. The maximum atomic E-state index is 13.4. The Morgan fingerprint density at radius 2 is 1.48 bits per heavy atom.